The highest BCUT2D eigenvalue weighted by molar-refractivity contribution is 14.0. The van der Waals surface area contributed by atoms with Gasteiger partial charge in [-0.2, -0.15) is 0 Å². The molecular formula is C22H33IN4O3. The lowest BCUT2D eigenvalue weighted by Crippen LogP contribution is -2.53. The molecule has 0 amide bonds. The predicted molar refractivity (Wildman–Crippen MR) is 129 cm³/mol. The number of halogens is 1. The molecule has 1 fully saturated rings. The Kier molecular flexibility index (Phi) is 10.6. The lowest BCUT2D eigenvalue weighted by Gasteiger charge is -2.34. The minimum atomic E-state index is -0.868. The molecule has 0 aliphatic carbocycles. The first-order chi connectivity index (χ1) is 14.1. The van der Waals surface area contributed by atoms with Crippen LogP contribution in [0.5, 0.6) is 0 Å². The summed E-state index contributed by atoms with van der Waals surface area (Å²) in [5, 5.41) is 17.5. The van der Waals surface area contributed by atoms with E-state index in [1.165, 1.54) is 0 Å². The number of nitrogens with zero attached hydrogens (tertiary/aromatic N) is 2. The van der Waals surface area contributed by atoms with E-state index in [9.17, 15) is 5.11 Å². The van der Waals surface area contributed by atoms with Gasteiger partial charge >= 0.3 is 0 Å². The molecular weight excluding hydrogens is 495 g/mol. The molecule has 1 unspecified atom stereocenters. The Bertz CT molecular complexity index is 732. The molecule has 0 bridgehead atoms. The fraction of sp³-hybridized carbons (Fsp3) is 0.500. The van der Waals surface area contributed by atoms with E-state index in [0.29, 0.717) is 32.1 Å². The van der Waals surface area contributed by atoms with Gasteiger partial charge in [-0.3, -0.25) is 4.90 Å². The molecule has 1 aliphatic heterocycles. The Balaban J connectivity index is 0.00000320. The number of furan rings is 1. The summed E-state index contributed by atoms with van der Waals surface area (Å²) in [4.78, 5) is 6.91. The number of hydrogen-bond acceptors (Lipinski definition) is 5. The van der Waals surface area contributed by atoms with Crippen LogP contribution < -0.4 is 10.6 Å². The van der Waals surface area contributed by atoms with Crippen LogP contribution in [0.4, 0.5) is 0 Å². The Morgan fingerprint density at radius 3 is 2.60 bits per heavy atom. The topological polar surface area (TPSA) is 82.3 Å². The molecule has 1 saturated heterocycles. The zero-order valence-corrected chi connectivity index (χ0v) is 19.9. The van der Waals surface area contributed by atoms with Gasteiger partial charge in [-0.15, -0.1) is 24.0 Å². The Morgan fingerprint density at radius 1 is 1.13 bits per heavy atom. The Labute approximate surface area is 195 Å². The molecule has 1 aliphatic rings. The van der Waals surface area contributed by atoms with Gasteiger partial charge in [0.1, 0.15) is 5.76 Å². The number of guanidine groups is 1. The minimum Gasteiger partial charge on any atom is -0.469 e. The summed E-state index contributed by atoms with van der Waals surface area (Å²) in [6.07, 6.45) is 2.45. The van der Waals surface area contributed by atoms with Gasteiger partial charge in [0.25, 0.3) is 0 Å². The van der Waals surface area contributed by atoms with Gasteiger partial charge in [-0.1, -0.05) is 30.3 Å². The fourth-order valence-electron chi connectivity index (χ4n) is 3.26. The molecule has 1 atom stereocenters. The number of aliphatic imine (C=N–C) groups is 1. The molecule has 0 spiro atoms. The number of benzene rings is 1. The zero-order chi connectivity index (χ0) is 20.4. The lowest BCUT2D eigenvalue weighted by atomic mass is 10.1. The smallest absolute Gasteiger partial charge is 0.191 e. The van der Waals surface area contributed by atoms with Crippen molar-refractivity contribution >= 4 is 29.9 Å². The van der Waals surface area contributed by atoms with E-state index in [-0.39, 0.29) is 24.0 Å². The average molecular weight is 528 g/mol. The summed E-state index contributed by atoms with van der Waals surface area (Å²) in [6.45, 7) is 7.28. The number of rotatable bonds is 9. The van der Waals surface area contributed by atoms with Crippen molar-refractivity contribution in [2.45, 2.75) is 25.5 Å². The molecule has 0 radical (unpaired) electrons. The van der Waals surface area contributed by atoms with Crippen molar-refractivity contribution in [1.29, 1.82) is 0 Å². The lowest BCUT2D eigenvalue weighted by molar-refractivity contribution is -0.0201. The number of nitrogens with one attached hydrogen (secondary N) is 2. The van der Waals surface area contributed by atoms with Gasteiger partial charge < -0.3 is 24.9 Å². The first-order valence-electron chi connectivity index (χ1n) is 10.2. The molecule has 3 N–H and O–H groups in total. The second-order valence-electron chi connectivity index (χ2n) is 7.65. The molecule has 1 aromatic heterocycles. The Hall–Kier alpha value is -1.62. The quantitative estimate of drug-likeness (QED) is 0.263. The first-order valence-corrected chi connectivity index (χ1v) is 10.2. The first kappa shape index (κ1) is 24.6. The molecule has 2 heterocycles. The highest BCUT2D eigenvalue weighted by Crippen LogP contribution is 2.08. The van der Waals surface area contributed by atoms with Gasteiger partial charge in [0, 0.05) is 39.1 Å². The van der Waals surface area contributed by atoms with Crippen LogP contribution in [0.25, 0.3) is 0 Å². The molecule has 0 saturated carbocycles. The SMILES string of the molecule is CC(O)(CNC(=NCc1ccccc1)NCCc1ccco1)CN1CCOCC1.I. The van der Waals surface area contributed by atoms with E-state index < -0.39 is 5.60 Å². The second-order valence-corrected chi connectivity index (χ2v) is 7.65. The number of hydrogen-bond donors (Lipinski definition) is 3. The van der Waals surface area contributed by atoms with E-state index in [2.05, 4.69) is 32.7 Å². The third-order valence-electron chi connectivity index (χ3n) is 4.81. The van der Waals surface area contributed by atoms with Crippen LogP contribution >= 0.6 is 24.0 Å². The van der Waals surface area contributed by atoms with Gasteiger partial charge in [0.05, 0.1) is 31.6 Å². The molecule has 1 aromatic carbocycles. The van der Waals surface area contributed by atoms with Crippen LogP contribution in [0.3, 0.4) is 0 Å². The normalized spacial score (nSPS) is 17.1. The van der Waals surface area contributed by atoms with Crippen molar-refractivity contribution in [3.63, 3.8) is 0 Å². The second kappa shape index (κ2) is 12.9. The van der Waals surface area contributed by atoms with E-state index in [0.717, 1.165) is 44.0 Å². The van der Waals surface area contributed by atoms with Crippen molar-refractivity contribution in [2.75, 3.05) is 45.9 Å². The van der Waals surface area contributed by atoms with Crippen molar-refractivity contribution in [3.8, 4) is 0 Å². The van der Waals surface area contributed by atoms with Crippen LogP contribution in [-0.2, 0) is 17.7 Å². The van der Waals surface area contributed by atoms with Crippen LogP contribution in [0, 0.1) is 0 Å². The van der Waals surface area contributed by atoms with Crippen molar-refractivity contribution in [3.05, 3.63) is 60.1 Å². The maximum atomic E-state index is 10.8. The summed E-state index contributed by atoms with van der Waals surface area (Å²) >= 11 is 0. The fourth-order valence-corrected chi connectivity index (χ4v) is 3.26. The van der Waals surface area contributed by atoms with E-state index in [4.69, 9.17) is 9.15 Å². The van der Waals surface area contributed by atoms with E-state index in [1.54, 1.807) is 6.26 Å². The van der Waals surface area contributed by atoms with E-state index >= 15 is 0 Å². The van der Waals surface area contributed by atoms with Crippen molar-refractivity contribution in [2.24, 2.45) is 4.99 Å². The number of β-amino-alcohol motifs (C(OH)–C–C–N with tert-alkyl or cyclic N) is 1. The van der Waals surface area contributed by atoms with Crippen LogP contribution in [0.15, 0.2) is 58.1 Å². The summed E-state index contributed by atoms with van der Waals surface area (Å²) in [7, 11) is 0. The number of aliphatic hydroxyl groups is 1. The minimum absolute atomic E-state index is 0. The third kappa shape index (κ3) is 9.03. The molecule has 166 valence electrons. The molecule has 30 heavy (non-hydrogen) atoms. The highest BCUT2D eigenvalue weighted by atomic mass is 127. The van der Waals surface area contributed by atoms with Gasteiger partial charge in [0.15, 0.2) is 5.96 Å². The van der Waals surface area contributed by atoms with Crippen molar-refractivity contribution < 1.29 is 14.3 Å². The predicted octanol–water partition coefficient (Wildman–Crippen LogP) is 2.26. The van der Waals surface area contributed by atoms with Gasteiger partial charge in [-0.05, 0) is 24.6 Å². The van der Waals surface area contributed by atoms with Crippen LogP contribution in [0.1, 0.15) is 18.2 Å². The van der Waals surface area contributed by atoms with Crippen LogP contribution in [0.2, 0.25) is 0 Å². The summed E-state index contributed by atoms with van der Waals surface area (Å²) in [6, 6.07) is 14.0. The molecule has 2 aromatic rings. The molecule has 8 heteroatoms. The maximum absolute atomic E-state index is 10.8. The Morgan fingerprint density at radius 2 is 1.90 bits per heavy atom. The number of ether oxygens (including phenoxy) is 1. The van der Waals surface area contributed by atoms with Gasteiger partial charge in [0.2, 0.25) is 0 Å². The zero-order valence-electron chi connectivity index (χ0n) is 17.5. The number of morpholine rings is 1. The maximum Gasteiger partial charge on any atom is 0.191 e. The standard InChI is InChI=1S/C22H32N4O3.HI/c1-22(27,18-26-11-14-28-15-12-26)17-25-21(23-10-9-20-8-5-13-29-20)24-16-19-6-3-2-4-7-19;/h2-8,13,27H,9-12,14-18H2,1H3,(H2,23,24,25);1H. The van der Waals surface area contributed by atoms with Crippen molar-refractivity contribution in [1.82, 2.24) is 15.5 Å². The summed E-state index contributed by atoms with van der Waals surface area (Å²) in [5.41, 5.74) is 0.271. The molecule has 3 rings (SSSR count). The summed E-state index contributed by atoms with van der Waals surface area (Å²) in [5.74, 6) is 1.61. The van der Waals surface area contributed by atoms with Gasteiger partial charge in [-0.25, -0.2) is 4.99 Å². The molecule has 7 nitrogen and oxygen atoms in total. The summed E-state index contributed by atoms with van der Waals surface area (Å²) < 4.78 is 10.8. The highest BCUT2D eigenvalue weighted by Gasteiger charge is 2.25. The monoisotopic (exact) mass is 528 g/mol. The van der Waals surface area contributed by atoms with E-state index in [1.807, 2.05) is 37.3 Å². The average Bonchev–Trinajstić information content (AvgIpc) is 3.24. The van der Waals surface area contributed by atoms with Crippen LogP contribution in [-0.4, -0.2) is 67.5 Å². The largest absolute Gasteiger partial charge is 0.469 e. The third-order valence-corrected chi connectivity index (χ3v) is 4.81.